The lowest BCUT2D eigenvalue weighted by Gasteiger charge is -2.07. The third-order valence-corrected chi connectivity index (χ3v) is 4.95. The molecule has 5 N–H and O–H groups in total. The van der Waals surface area contributed by atoms with Gasteiger partial charge in [0.25, 0.3) is 0 Å². The number of hydrogen-bond acceptors (Lipinski definition) is 9. The molecule has 0 radical (unpaired) electrons. The van der Waals surface area contributed by atoms with E-state index in [1.54, 1.807) is 11.3 Å². The van der Waals surface area contributed by atoms with Gasteiger partial charge in [-0.15, -0.1) is 21.5 Å². The summed E-state index contributed by atoms with van der Waals surface area (Å²) in [6.45, 7) is 2.53. The van der Waals surface area contributed by atoms with Crippen LogP contribution in [0, 0.1) is 12.8 Å². The standard InChI is InChI=1S/C17H18N6OS.H3N/c1-10-22-23-16(25-10)8-12-7-15(21-17(18)20-12)24-9-11-6-13(11)14-4-2-3-5-19-14;/h2-5,7,11,13H,6,8-9H2,1H3,(H2,18,20,21);1H3. The minimum Gasteiger partial charge on any atom is -0.477 e. The number of aryl methyl sites for hydroxylation is 1. The highest BCUT2D eigenvalue weighted by Gasteiger charge is 2.39. The average molecular weight is 371 g/mol. The summed E-state index contributed by atoms with van der Waals surface area (Å²) < 4.78 is 5.85. The Hall–Kier alpha value is -2.65. The van der Waals surface area contributed by atoms with E-state index in [4.69, 9.17) is 10.5 Å². The largest absolute Gasteiger partial charge is 0.477 e. The van der Waals surface area contributed by atoms with Gasteiger partial charge in [0.05, 0.1) is 12.3 Å². The van der Waals surface area contributed by atoms with Crippen LogP contribution in [0.3, 0.4) is 0 Å². The van der Waals surface area contributed by atoms with Gasteiger partial charge in [-0.1, -0.05) is 6.07 Å². The van der Waals surface area contributed by atoms with E-state index < -0.39 is 0 Å². The van der Waals surface area contributed by atoms with Crippen LogP contribution in [0.25, 0.3) is 0 Å². The van der Waals surface area contributed by atoms with Gasteiger partial charge in [-0.3, -0.25) is 4.98 Å². The molecular weight excluding hydrogens is 350 g/mol. The number of nitrogens with zero attached hydrogens (tertiary/aromatic N) is 5. The molecule has 3 heterocycles. The number of nitrogens with two attached hydrogens (primary N) is 1. The molecule has 0 amide bonds. The predicted octanol–water partition coefficient (Wildman–Crippen LogP) is 2.55. The van der Waals surface area contributed by atoms with Gasteiger partial charge in [0, 0.05) is 36.2 Å². The third kappa shape index (κ3) is 4.30. The average Bonchev–Trinajstić information content (AvgIpc) is 3.28. The first-order chi connectivity index (χ1) is 12.2. The fourth-order valence-corrected chi connectivity index (χ4v) is 3.53. The summed E-state index contributed by atoms with van der Waals surface area (Å²) in [5.74, 6) is 1.67. The van der Waals surface area contributed by atoms with E-state index in [9.17, 15) is 0 Å². The fraction of sp³-hybridized carbons (Fsp3) is 0.353. The Labute approximate surface area is 155 Å². The van der Waals surface area contributed by atoms with E-state index in [2.05, 4.69) is 31.2 Å². The molecule has 1 fully saturated rings. The van der Waals surface area contributed by atoms with Gasteiger partial charge in [-0.05, 0) is 25.5 Å². The number of anilines is 1. The second-order valence-electron chi connectivity index (χ2n) is 6.12. The van der Waals surface area contributed by atoms with Crippen LogP contribution in [0.4, 0.5) is 5.95 Å². The maximum Gasteiger partial charge on any atom is 0.223 e. The predicted molar refractivity (Wildman–Crippen MR) is 99.5 cm³/mol. The van der Waals surface area contributed by atoms with Crippen molar-refractivity contribution in [2.75, 3.05) is 12.3 Å². The van der Waals surface area contributed by atoms with Crippen LogP contribution in [0.5, 0.6) is 5.88 Å². The number of rotatable bonds is 6. The Morgan fingerprint density at radius 2 is 2.15 bits per heavy atom. The topological polar surface area (TPSA) is 135 Å². The molecule has 0 aliphatic heterocycles. The molecule has 26 heavy (non-hydrogen) atoms. The van der Waals surface area contributed by atoms with E-state index in [1.807, 2.05) is 31.3 Å². The molecule has 136 valence electrons. The van der Waals surface area contributed by atoms with Gasteiger partial charge < -0.3 is 16.6 Å². The molecular formula is C17H21N7OS. The van der Waals surface area contributed by atoms with Crippen molar-refractivity contribution in [1.29, 1.82) is 0 Å². The lowest BCUT2D eigenvalue weighted by molar-refractivity contribution is 0.285. The third-order valence-electron chi connectivity index (χ3n) is 4.11. The monoisotopic (exact) mass is 371 g/mol. The summed E-state index contributed by atoms with van der Waals surface area (Å²) in [6.07, 6.45) is 3.50. The van der Waals surface area contributed by atoms with Crippen LogP contribution in [0.1, 0.15) is 33.7 Å². The molecule has 0 bridgehead atoms. The van der Waals surface area contributed by atoms with Gasteiger partial charge in [0.15, 0.2) is 0 Å². The van der Waals surface area contributed by atoms with Crippen LogP contribution >= 0.6 is 11.3 Å². The molecule has 1 aliphatic rings. The zero-order chi connectivity index (χ0) is 17.2. The lowest BCUT2D eigenvalue weighted by atomic mass is 10.2. The molecule has 1 saturated carbocycles. The van der Waals surface area contributed by atoms with Gasteiger partial charge in [-0.2, -0.15) is 4.98 Å². The van der Waals surface area contributed by atoms with E-state index in [0.29, 0.717) is 30.7 Å². The highest BCUT2D eigenvalue weighted by Crippen LogP contribution is 2.46. The first-order valence-electron chi connectivity index (χ1n) is 8.13. The minimum absolute atomic E-state index is 0. The normalized spacial score (nSPS) is 18.2. The van der Waals surface area contributed by atoms with E-state index in [1.165, 1.54) is 0 Å². The summed E-state index contributed by atoms with van der Waals surface area (Å²) in [4.78, 5) is 12.8. The minimum atomic E-state index is 0. The number of hydrogen-bond donors (Lipinski definition) is 2. The highest BCUT2D eigenvalue weighted by molar-refractivity contribution is 7.11. The smallest absolute Gasteiger partial charge is 0.223 e. The Morgan fingerprint density at radius 3 is 2.88 bits per heavy atom. The molecule has 0 aromatic carbocycles. The van der Waals surface area contributed by atoms with Crippen LogP contribution in [-0.4, -0.2) is 31.8 Å². The molecule has 2 atom stereocenters. The van der Waals surface area contributed by atoms with Crippen molar-refractivity contribution in [3.8, 4) is 5.88 Å². The van der Waals surface area contributed by atoms with Crippen molar-refractivity contribution in [2.45, 2.75) is 25.7 Å². The number of aromatic nitrogens is 5. The Kier molecular flexibility index (Phi) is 5.38. The summed E-state index contributed by atoms with van der Waals surface area (Å²) in [5, 5.41) is 9.97. The van der Waals surface area contributed by atoms with Gasteiger partial charge >= 0.3 is 0 Å². The van der Waals surface area contributed by atoms with Crippen LogP contribution < -0.4 is 16.6 Å². The zero-order valence-electron chi connectivity index (χ0n) is 14.5. The molecule has 3 aromatic heterocycles. The molecule has 2 unspecified atom stereocenters. The maximum absolute atomic E-state index is 5.85. The molecule has 4 rings (SSSR count). The van der Waals surface area contributed by atoms with Gasteiger partial charge in [-0.25, -0.2) is 4.98 Å². The lowest BCUT2D eigenvalue weighted by Crippen LogP contribution is -2.07. The first kappa shape index (κ1) is 18.2. The quantitative estimate of drug-likeness (QED) is 0.675. The first-order valence-corrected chi connectivity index (χ1v) is 8.95. The second kappa shape index (κ2) is 7.71. The Morgan fingerprint density at radius 1 is 1.27 bits per heavy atom. The van der Waals surface area contributed by atoms with Crippen molar-refractivity contribution in [3.05, 3.63) is 51.9 Å². The SMILES string of the molecule is Cc1nnc(Cc2cc(OCC3CC3c3ccccn3)nc(N)n2)s1.N. The summed E-state index contributed by atoms with van der Waals surface area (Å²) in [5.41, 5.74) is 7.73. The van der Waals surface area contributed by atoms with Gasteiger partial charge in [0.1, 0.15) is 10.0 Å². The zero-order valence-corrected chi connectivity index (χ0v) is 15.3. The fourth-order valence-electron chi connectivity index (χ4n) is 2.80. The summed E-state index contributed by atoms with van der Waals surface area (Å²) in [6, 6.07) is 7.84. The molecule has 3 aromatic rings. The summed E-state index contributed by atoms with van der Waals surface area (Å²) >= 11 is 1.55. The second-order valence-corrected chi connectivity index (χ2v) is 7.38. The van der Waals surface area contributed by atoms with Crippen molar-refractivity contribution in [2.24, 2.45) is 5.92 Å². The highest BCUT2D eigenvalue weighted by atomic mass is 32.1. The molecule has 1 aliphatic carbocycles. The molecule has 9 heteroatoms. The van der Waals surface area contributed by atoms with E-state index in [0.717, 1.165) is 27.8 Å². The number of pyridine rings is 1. The van der Waals surface area contributed by atoms with Crippen molar-refractivity contribution >= 4 is 17.3 Å². The van der Waals surface area contributed by atoms with Crippen LogP contribution in [0.2, 0.25) is 0 Å². The Bertz CT molecular complexity index is 871. The van der Waals surface area contributed by atoms with Crippen molar-refractivity contribution in [1.82, 2.24) is 31.3 Å². The molecule has 8 nitrogen and oxygen atoms in total. The molecule has 0 spiro atoms. The maximum atomic E-state index is 5.85. The van der Waals surface area contributed by atoms with Gasteiger partial charge in [0.2, 0.25) is 11.8 Å². The van der Waals surface area contributed by atoms with Crippen LogP contribution in [0.15, 0.2) is 30.5 Å². The van der Waals surface area contributed by atoms with Crippen molar-refractivity contribution < 1.29 is 4.74 Å². The van der Waals surface area contributed by atoms with Crippen molar-refractivity contribution in [3.63, 3.8) is 0 Å². The molecule has 0 saturated heterocycles. The number of ether oxygens (including phenoxy) is 1. The summed E-state index contributed by atoms with van der Waals surface area (Å²) in [7, 11) is 0. The number of nitrogen functional groups attached to an aromatic ring is 1. The van der Waals surface area contributed by atoms with E-state index >= 15 is 0 Å². The van der Waals surface area contributed by atoms with Crippen LogP contribution in [-0.2, 0) is 6.42 Å². The van der Waals surface area contributed by atoms with E-state index in [-0.39, 0.29) is 12.1 Å². The Balaban J connectivity index is 0.00000196.